The highest BCUT2D eigenvalue weighted by Crippen LogP contribution is 2.16. The lowest BCUT2D eigenvalue weighted by Crippen LogP contribution is -2.54. The zero-order valence-electron chi connectivity index (χ0n) is 29.0. The second-order valence-electron chi connectivity index (χ2n) is 12.9. The van der Waals surface area contributed by atoms with E-state index in [9.17, 15) is 19.5 Å². The Morgan fingerprint density at radius 2 is 1.40 bits per heavy atom. The van der Waals surface area contributed by atoms with Crippen molar-refractivity contribution in [3.8, 4) is 0 Å². The third-order valence-corrected chi connectivity index (χ3v) is 7.99. The van der Waals surface area contributed by atoms with Gasteiger partial charge in [0.25, 0.3) is 0 Å². The van der Waals surface area contributed by atoms with Crippen molar-refractivity contribution in [3.05, 3.63) is 120 Å². The summed E-state index contributed by atoms with van der Waals surface area (Å²) in [6.07, 6.45) is 2.96. The maximum Gasteiger partial charge on any atom is 0.408 e. The van der Waals surface area contributed by atoms with E-state index in [-0.39, 0.29) is 31.5 Å². The third kappa shape index (κ3) is 12.3. The van der Waals surface area contributed by atoms with Gasteiger partial charge in [-0.1, -0.05) is 94.4 Å². The van der Waals surface area contributed by atoms with E-state index in [0.29, 0.717) is 24.4 Å². The first-order valence-corrected chi connectivity index (χ1v) is 16.8. The summed E-state index contributed by atoms with van der Waals surface area (Å²) in [5, 5.41) is 20.2. The Hall–Kier alpha value is -5.23. The highest BCUT2D eigenvalue weighted by atomic mass is 16.6. The lowest BCUT2D eigenvalue weighted by molar-refractivity contribution is -0.125. The van der Waals surface area contributed by atoms with Crippen LogP contribution in [0.3, 0.4) is 0 Å². The molecular weight excluding hydrogens is 638 g/mol. The fourth-order valence-corrected chi connectivity index (χ4v) is 5.31. The number of benzene rings is 2. The lowest BCUT2D eigenvalue weighted by atomic mass is 9.93. The summed E-state index contributed by atoms with van der Waals surface area (Å²) in [6.45, 7) is 7.42. The predicted molar refractivity (Wildman–Crippen MR) is 187 cm³/mol. The van der Waals surface area contributed by atoms with Crippen LogP contribution in [-0.2, 0) is 40.3 Å². The van der Waals surface area contributed by atoms with Crippen molar-refractivity contribution in [2.24, 2.45) is 5.92 Å². The van der Waals surface area contributed by atoms with E-state index in [1.807, 2.05) is 88.4 Å². The predicted octanol–water partition coefficient (Wildman–Crippen LogP) is 5.46. The molecule has 4 atom stereocenters. The lowest BCUT2D eigenvalue weighted by Gasteiger charge is -2.30. The van der Waals surface area contributed by atoms with Crippen LogP contribution in [0.2, 0.25) is 0 Å². The first kappa shape index (κ1) is 37.6. The molecule has 4 rings (SSSR count). The molecule has 2 aromatic carbocycles. The molecule has 0 radical (unpaired) electrons. The van der Waals surface area contributed by atoms with Gasteiger partial charge in [0.2, 0.25) is 5.91 Å². The van der Waals surface area contributed by atoms with Gasteiger partial charge in [-0.15, -0.1) is 0 Å². The summed E-state index contributed by atoms with van der Waals surface area (Å²) < 4.78 is 16.2. The molecular formula is C38H47N5O7. The number of aliphatic hydroxyl groups excluding tert-OH is 1. The van der Waals surface area contributed by atoms with Crippen LogP contribution in [0.1, 0.15) is 68.3 Å². The molecule has 0 fully saturated rings. The molecule has 0 aliphatic rings. The summed E-state index contributed by atoms with van der Waals surface area (Å²) in [4.78, 5) is 47.8. The van der Waals surface area contributed by atoms with Crippen LogP contribution in [-0.4, -0.2) is 57.4 Å². The SMILES string of the molecule is CC(C)c1nc(COC(=O)N[C@H](C(=O)N[C@@H](Cc2ccccc2)C[C@H](O)[C@H](Cc2ccccc2)NC(=O)OCc2cccnc2)C(C)C)co1. The van der Waals surface area contributed by atoms with Crippen LogP contribution < -0.4 is 16.0 Å². The molecule has 0 aliphatic heterocycles. The van der Waals surface area contributed by atoms with Gasteiger partial charge in [0, 0.05) is 29.9 Å². The van der Waals surface area contributed by atoms with E-state index >= 15 is 0 Å². The number of aliphatic hydroxyl groups is 1. The summed E-state index contributed by atoms with van der Waals surface area (Å²) in [7, 11) is 0. The molecule has 2 heterocycles. The molecule has 266 valence electrons. The number of nitrogens with one attached hydrogen (secondary N) is 3. The Morgan fingerprint density at radius 1 is 0.780 bits per heavy atom. The number of aromatic nitrogens is 2. The van der Waals surface area contributed by atoms with Crippen molar-refractivity contribution in [1.29, 1.82) is 0 Å². The van der Waals surface area contributed by atoms with Gasteiger partial charge in [0.1, 0.15) is 31.2 Å². The number of pyridine rings is 1. The third-order valence-electron chi connectivity index (χ3n) is 7.99. The van der Waals surface area contributed by atoms with Gasteiger partial charge < -0.3 is 34.9 Å². The fourth-order valence-electron chi connectivity index (χ4n) is 5.31. The number of amides is 3. The molecule has 0 saturated carbocycles. The van der Waals surface area contributed by atoms with Crippen LogP contribution >= 0.6 is 0 Å². The second-order valence-corrected chi connectivity index (χ2v) is 12.9. The van der Waals surface area contributed by atoms with Crippen LogP contribution in [0.15, 0.2) is 95.9 Å². The van der Waals surface area contributed by atoms with E-state index in [1.54, 1.807) is 24.5 Å². The first-order chi connectivity index (χ1) is 24.1. The number of nitrogens with zero attached hydrogens (tertiary/aromatic N) is 2. The van der Waals surface area contributed by atoms with Crippen molar-refractivity contribution in [1.82, 2.24) is 25.9 Å². The molecule has 0 bridgehead atoms. The number of carbonyl (C=O) groups is 3. The molecule has 0 spiro atoms. The molecule has 4 N–H and O–H groups in total. The maximum atomic E-state index is 13.7. The minimum absolute atomic E-state index is 0.0180. The van der Waals surface area contributed by atoms with Crippen LogP contribution in [0, 0.1) is 5.92 Å². The van der Waals surface area contributed by atoms with E-state index in [1.165, 1.54) is 6.26 Å². The number of oxazole rings is 1. The van der Waals surface area contributed by atoms with Gasteiger partial charge in [-0.2, -0.15) is 0 Å². The minimum Gasteiger partial charge on any atom is -0.448 e. The van der Waals surface area contributed by atoms with Gasteiger partial charge in [0.05, 0.1) is 12.1 Å². The zero-order chi connectivity index (χ0) is 35.9. The minimum atomic E-state index is -1.08. The smallest absolute Gasteiger partial charge is 0.408 e. The molecule has 12 heteroatoms. The van der Waals surface area contributed by atoms with Gasteiger partial charge in [0.15, 0.2) is 5.89 Å². The normalized spacial score (nSPS) is 13.6. The van der Waals surface area contributed by atoms with Crippen molar-refractivity contribution in [2.45, 2.75) is 90.3 Å². The Morgan fingerprint density at radius 3 is 2.00 bits per heavy atom. The average molecular weight is 686 g/mol. The van der Waals surface area contributed by atoms with Crippen LogP contribution in [0.5, 0.6) is 0 Å². The summed E-state index contributed by atoms with van der Waals surface area (Å²) in [5.41, 5.74) is 3.03. The largest absolute Gasteiger partial charge is 0.448 e. The fraction of sp³-hybridized carbons (Fsp3) is 0.395. The van der Waals surface area contributed by atoms with Crippen molar-refractivity contribution >= 4 is 18.1 Å². The zero-order valence-corrected chi connectivity index (χ0v) is 29.0. The highest BCUT2D eigenvalue weighted by Gasteiger charge is 2.30. The van der Waals surface area contributed by atoms with Gasteiger partial charge >= 0.3 is 12.2 Å². The van der Waals surface area contributed by atoms with E-state index in [2.05, 4.69) is 25.9 Å². The van der Waals surface area contributed by atoms with E-state index in [0.717, 1.165) is 16.7 Å². The molecule has 50 heavy (non-hydrogen) atoms. The molecule has 0 saturated heterocycles. The number of alkyl carbamates (subject to hydrolysis) is 2. The molecule has 0 unspecified atom stereocenters. The Kier molecular flexibility index (Phi) is 14.3. The Bertz CT molecular complexity index is 1620. The Balaban J connectivity index is 1.45. The molecule has 0 aliphatic carbocycles. The number of hydrogen-bond donors (Lipinski definition) is 4. The second kappa shape index (κ2) is 19.1. The average Bonchev–Trinajstić information content (AvgIpc) is 3.59. The first-order valence-electron chi connectivity index (χ1n) is 16.8. The number of rotatable bonds is 17. The van der Waals surface area contributed by atoms with Gasteiger partial charge in [-0.05, 0) is 42.4 Å². The van der Waals surface area contributed by atoms with E-state index in [4.69, 9.17) is 13.9 Å². The van der Waals surface area contributed by atoms with Crippen molar-refractivity contribution in [2.75, 3.05) is 0 Å². The molecule has 3 amide bonds. The molecule has 4 aromatic rings. The van der Waals surface area contributed by atoms with Crippen molar-refractivity contribution in [3.63, 3.8) is 0 Å². The topological polar surface area (TPSA) is 165 Å². The maximum absolute atomic E-state index is 13.7. The quantitative estimate of drug-likeness (QED) is 0.113. The van der Waals surface area contributed by atoms with Gasteiger partial charge in [-0.3, -0.25) is 9.78 Å². The number of hydrogen-bond acceptors (Lipinski definition) is 9. The monoisotopic (exact) mass is 685 g/mol. The number of carbonyl (C=O) groups excluding carboxylic acids is 3. The summed E-state index contributed by atoms with van der Waals surface area (Å²) in [5.74, 6) is -0.0916. The Labute approximate surface area is 293 Å². The van der Waals surface area contributed by atoms with Gasteiger partial charge in [-0.25, -0.2) is 14.6 Å². The standard InChI is InChI=1S/C38H47N5O7/c1-25(2)34(43-38(47)50-24-31-23-48-36(41-31)26(3)4)35(45)40-30(18-27-12-7-5-8-13-27)20-33(44)32(19-28-14-9-6-10-15-28)42-37(46)49-22-29-16-11-17-39-21-29/h5-17,21,23,25-26,30,32-34,44H,18-20,22,24H2,1-4H3,(H,40,45)(H,42,46)(H,43,47)/t30-,32-,33-,34-/m0/s1. The molecule has 12 nitrogen and oxygen atoms in total. The summed E-state index contributed by atoms with van der Waals surface area (Å²) in [6, 6.07) is 20.4. The molecule has 2 aromatic heterocycles. The van der Waals surface area contributed by atoms with E-state index < -0.39 is 42.3 Å². The van der Waals surface area contributed by atoms with Crippen LogP contribution in [0.25, 0.3) is 0 Å². The van der Waals surface area contributed by atoms with Crippen molar-refractivity contribution < 1.29 is 33.4 Å². The summed E-state index contributed by atoms with van der Waals surface area (Å²) >= 11 is 0. The van der Waals surface area contributed by atoms with Crippen LogP contribution in [0.4, 0.5) is 9.59 Å². The number of ether oxygens (including phenoxy) is 2. The highest BCUT2D eigenvalue weighted by molar-refractivity contribution is 5.86.